The van der Waals surface area contributed by atoms with Gasteiger partial charge in [-0.15, -0.1) is 0 Å². The van der Waals surface area contributed by atoms with Crippen LogP contribution >= 0.6 is 0 Å². The van der Waals surface area contributed by atoms with Gasteiger partial charge in [0.1, 0.15) is 5.75 Å². The molecule has 1 aliphatic carbocycles. The number of ketones is 1. The largest absolute Gasteiger partial charge is 0.496 e. The number of hydrogen-bond donors (Lipinski definition) is 0. The van der Waals surface area contributed by atoms with Crippen LogP contribution in [0.5, 0.6) is 5.75 Å². The van der Waals surface area contributed by atoms with Crippen molar-refractivity contribution in [1.29, 1.82) is 0 Å². The second kappa shape index (κ2) is 4.30. The first kappa shape index (κ1) is 11.0. The van der Waals surface area contributed by atoms with Crippen molar-refractivity contribution in [2.45, 2.75) is 12.3 Å². The zero-order valence-electron chi connectivity index (χ0n) is 10.2. The van der Waals surface area contributed by atoms with E-state index in [9.17, 15) is 4.79 Å². The number of benzene rings is 2. The van der Waals surface area contributed by atoms with Gasteiger partial charge in [0.25, 0.3) is 0 Å². The number of carbonyl (C=O) groups excluding carboxylic acids is 1. The molecule has 0 heterocycles. The van der Waals surface area contributed by atoms with Gasteiger partial charge in [0, 0.05) is 0 Å². The summed E-state index contributed by atoms with van der Waals surface area (Å²) >= 11 is 0. The predicted molar refractivity (Wildman–Crippen MR) is 70.2 cm³/mol. The van der Waals surface area contributed by atoms with E-state index in [0.717, 1.165) is 12.0 Å². The lowest BCUT2D eigenvalue weighted by molar-refractivity contribution is 0.0946. The Labute approximate surface area is 106 Å². The zero-order valence-corrected chi connectivity index (χ0v) is 10.2. The van der Waals surface area contributed by atoms with Crippen molar-refractivity contribution >= 4 is 5.78 Å². The Kier molecular flexibility index (Phi) is 2.63. The maximum Gasteiger partial charge on any atom is 0.174 e. The van der Waals surface area contributed by atoms with E-state index in [1.807, 2.05) is 42.5 Å². The zero-order chi connectivity index (χ0) is 12.5. The highest BCUT2D eigenvalue weighted by Crippen LogP contribution is 2.38. The summed E-state index contributed by atoms with van der Waals surface area (Å²) in [6, 6.07) is 15.5. The van der Waals surface area contributed by atoms with Crippen molar-refractivity contribution in [3.8, 4) is 5.75 Å². The molecule has 0 spiro atoms. The third kappa shape index (κ3) is 1.61. The highest BCUT2D eigenvalue weighted by Gasteiger charge is 2.33. The van der Waals surface area contributed by atoms with E-state index in [1.54, 1.807) is 7.11 Å². The molecule has 0 N–H and O–H groups in total. The van der Waals surface area contributed by atoms with Crippen LogP contribution in [-0.2, 0) is 6.42 Å². The Hall–Kier alpha value is -2.09. The lowest BCUT2D eigenvalue weighted by Gasteiger charge is -2.29. The Balaban J connectivity index is 1.94. The fourth-order valence-corrected chi connectivity index (χ4v) is 2.53. The Morgan fingerprint density at radius 3 is 2.61 bits per heavy atom. The van der Waals surface area contributed by atoms with Gasteiger partial charge in [-0.05, 0) is 29.7 Å². The topological polar surface area (TPSA) is 26.3 Å². The second-order valence-electron chi connectivity index (χ2n) is 4.52. The van der Waals surface area contributed by atoms with Gasteiger partial charge in [-0.3, -0.25) is 4.79 Å². The van der Waals surface area contributed by atoms with Gasteiger partial charge >= 0.3 is 0 Å². The van der Waals surface area contributed by atoms with E-state index < -0.39 is 0 Å². The summed E-state index contributed by atoms with van der Waals surface area (Å²) in [5, 5.41) is 0. The van der Waals surface area contributed by atoms with Crippen molar-refractivity contribution in [2.75, 3.05) is 7.11 Å². The third-order valence-electron chi connectivity index (χ3n) is 3.54. The molecule has 1 aliphatic rings. The highest BCUT2D eigenvalue weighted by molar-refractivity contribution is 6.04. The van der Waals surface area contributed by atoms with Gasteiger partial charge in [-0.25, -0.2) is 0 Å². The molecule has 0 bridgehead atoms. The summed E-state index contributed by atoms with van der Waals surface area (Å²) in [6.45, 7) is 0. The Bertz CT molecular complexity index is 602. The number of ether oxygens (including phenoxy) is 1. The Morgan fingerprint density at radius 1 is 1.11 bits per heavy atom. The first-order chi connectivity index (χ1) is 8.81. The molecule has 0 fully saturated rings. The molecule has 0 amide bonds. The van der Waals surface area contributed by atoms with Crippen molar-refractivity contribution in [2.24, 2.45) is 0 Å². The van der Waals surface area contributed by atoms with E-state index in [2.05, 4.69) is 6.07 Å². The average Bonchev–Trinajstić information content (AvgIpc) is 2.40. The molecule has 0 aliphatic heterocycles. The number of rotatable bonds is 3. The minimum absolute atomic E-state index is 0.00231. The molecule has 2 aromatic carbocycles. The van der Waals surface area contributed by atoms with Crippen LogP contribution in [0, 0.1) is 0 Å². The van der Waals surface area contributed by atoms with Crippen molar-refractivity contribution in [3.63, 3.8) is 0 Å². The summed E-state index contributed by atoms with van der Waals surface area (Å²) in [5.74, 6) is 0.815. The van der Waals surface area contributed by atoms with Crippen LogP contribution < -0.4 is 4.74 Å². The molecule has 0 saturated carbocycles. The SMILES string of the molecule is COc1ccccc1C(=O)C1Cc2ccccc21. The van der Waals surface area contributed by atoms with Gasteiger partial charge in [0.15, 0.2) is 5.78 Å². The minimum Gasteiger partial charge on any atom is -0.496 e. The molecule has 0 radical (unpaired) electrons. The second-order valence-corrected chi connectivity index (χ2v) is 4.52. The number of carbonyl (C=O) groups is 1. The van der Waals surface area contributed by atoms with Crippen LogP contribution in [0.4, 0.5) is 0 Å². The smallest absolute Gasteiger partial charge is 0.174 e. The fraction of sp³-hybridized carbons (Fsp3) is 0.188. The molecule has 2 nitrogen and oxygen atoms in total. The van der Waals surface area contributed by atoms with E-state index in [4.69, 9.17) is 4.74 Å². The lowest BCUT2D eigenvalue weighted by Crippen LogP contribution is -2.25. The molecule has 2 heteroatoms. The van der Waals surface area contributed by atoms with Crippen LogP contribution in [0.2, 0.25) is 0 Å². The van der Waals surface area contributed by atoms with Crippen LogP contribution in [0.3, 0.4) is 0 Å². The lowest BCUT2D eigenvalue weighted by atomic mass is 9.74. The van der Waals surface area contributed by atoms with E-state index in [1.165, 1.54) is 5.56 Å². The van der Waals surface area contributed by atoms with E-state index >= 15 is 0 Å². The van der Waals surface area contributed by atoms with Crippen LogP contribution in [-0.4, -0.2) is 12.9 Å². The molecular formula is C16H14O2. The van der Waals surface area contributed by atoms with Crippen LogP contribution in [0.15, 0.2) is 48.5 Å². The summed E-state index contributed by atoms with van der Waals surface area (Å²) < 4.78 is 5.25. The normalized spacial score (nSPS) is 16.6. The maximum absolute atomic E-state index is 12.5. The monoisotopic (exact) mass is 238 g/mol. The highest BCUT2D eigenvalue weighted by atomic mass is 16.5. The van der Waals surface area contributed by atoms with Gasteiger partial charge in [-0.1, -0.05) is 36.4 Å². The predicted octanol–water partition coefficient (Wildman–Crippen LogP) is 3.22. The number of para-hydroxylation sites is 1. The van der Waals surface area contributed by atoms with Crippen molar-refractivity contribution < 1.29 is 9.53 Å². The quantitative estimate of drug-likeness (QED) is 0.767. The number of methoxy groups -OCH3 is 1. The molecule has 2 aromatic rings. The summed E-state index contributed by atoms with van der Waals surface area (Å²) in [7, 11) is 1.60. The molecule has 90 valence electrons. The molecule has 0 aromatic heterocycles. The molecular weight excluding hydrogens is 224 g/mol. The Morgan fingerprint density at radius 2 is 1.83 bits per heavy atom. The first-order valence-electron chi connectivity index (χ1n) is 6.06. The first-order valence-corrected chi connectivity index (χ1v) is 6.06. The fourth-order valence-electron chi connectivity index (χ4n) is 2.53. The minimum atomic E-state index is -0.00231. The number of hydrogen-bond acceptors (Lipinski definition) is 2. The van der Waals surface area contributed by atoms with Gasteiger partial charge in [0.05, 0.1) is 18.6 Å². The maximum atomic E-state index is 12.5. The summed E-state index contributed by atoms with van der Waals surface area (Å²) in [4.78, 5) is 12.5. The molecule has 1 unspecified atom stereocenters. The molecule has 3 rings (SSSR count). The summed E-state index contributed by atoms with van der Waals surface area (Å²) in [6.07, 6.45) is 0.840. The van der Waals surface area contributed by atoms with Crippen LogP contribution in [0.1, 0.15) is 27.4 Å². The standard InChI is InChI=1S/C16H14O2/c1-18-15-9-5-4-8-13(15)16(17)14-10-11-6-2-3-7-12(11)14/h2-9,14H,10H2,1H3. The van der Waals surface area contributed by atoms with E-state index in [0.29, 0.717) is 11.3 Å². The number of Topliss-reactive ketones (excluding diaryl/α,β-unsaturated/α-hetero) is 1. The molecule has 18 heavy (non-hydrogen) atoms. The van der Waals surface area contributed by atoms with Gasteiger partial charge in [0.2, 0.25) is 0 Å². The van der Waals surface area contributed by atoms with Crippen LogP contribution in [0.25, 0.3) is 0 Å². The number of fused-ring (bicyclic) bond motifs is 1. The van der Waals surface area contributed by atoms with Gasteiger partial charge in [-0.2, -0.15) is 0 Å². The van der Waals surface area contributed by atoms with E-state index in [-0.39, 0.29) is 11.7 Å². The average molecular weight is 238 g/mol. The van der Waals surface area contributed by atoms with Crippen molar-refractivity contribution in [3.05, 3.63) is 65.2 Å². The van der Waals surface area contributed by atoms with Crippen molar-refractivity contribution in [1.82, 2.24) is 0 Å². The van der Waals surface area contributed by atoms with Gasteiger partial charge < -0.3 is 4.74 Å². The molecule has 0 saturated heterocycles. The molecule has 1 atom stereocenters. The summed E-state index contributed by atoms with van der Waals surface area (Å²) in [5.41, 5.74) is 3.12. The third-order valence-corrected chi connectivity index (χ3v) is 3.54.